The van der Waals surface area contributed by atoms with Gasteiger partial charge in [-0.3, -0.25) is 4.68 Å². The molecule has 0 amide bonds. The van der Waals surface area contributed by atoms with Gasteiger partial charge in [-0.1, -0.05) is 18.7 Å². The second-order valence-corrected chi connectivity index (χ2v) is 6.79. The minimum absolute atomic E-state index is 0.254. The highest BCUT2D eigenvalue weighted by molar-refractivity contribution is 7.99. The van der Waals surface area contributed by atoms with Crippen LogP contribution in [-0.4, -0.2) is 25.5 Å². The van der Waals surface area contributed by atoms with E-state index in [-0.39, 0.29) is 6.04 Å². The smallest absolute Gasteiger partial charge is 0.187 e. The van der Waals surface area contributed by atoms with Gasteiger partial charge in [0.15, 0.2) is 5.16 Å². The van der Waals surface area contributed by atoms with Crippen molar-refractivity contribution in [2.24, 2.45) is 0 Å². The molecule has 2 heterocycles. The first-order chi connectivity index (χ1) is 11.1. The number of nitrogens with one attached hydrogen (secondary N) is 1. The normalized spacial score (nSPS) is 12.6. The number of rotatable bonds is 8. The summed E-state index contributed by atoms with van der Waals surface area (Å²) in [6.07, 6.45) is 4.97. The number of hydrogen-bond donors (Lipinski definition) is 1. The highest BCUT2D eigenvalue weighted by Gasteiger charge is 2.16. The second kappa shape index (κ2) is 8.45. The van der Waals surface area contributed by atoms with E-state index in [1.54, 1.807) is 11.8 Å². The van der Waals surface area contributed by atoms with E-state index in [2.05, 4.69) is 59.7 Å². The van der Waals surface area contributed by atoms with E-state index < -0.39 is 0 Å². The van der Waals surface area contributed by atoms with E-state index in [4.69, 9.17) is 0 Å². The average molecular weight is 334 g/mol. The lowest BCUT2D eigenvalue weighted by molar-refractivity contribution is 0.563. The molecule has 0 unspecified atom stereocenters. The number of hydrogen-bond acceptors (Lipinski definition) is 5. The van der Waals surface area contributed by atoms with Gasteiger partial charge in [0.05, 0.1) is 5.69 Å². The predicted molar refractivity (Wildman–Crippen MR) is 95.7 cm³/mol. The van der Waals surface area contributed by atoms with Crippen LogP contribution in [-0.2, 0) is 13.1 Å². The third-order valence-corrected chi connectivity index (χ3v) is 4.98. The summed E-state index contributed by atoms with van der Waals surface area (Å²) in [6, 6.07) is 0.254. The van der Waals surface area contributed by atoms with Gasteiger partial charge in [-0.25, -0.2) is 9.97 Å². The summed E-state index contributed by atoms with van der Waals surface area (Å²) in [5.74, 6) is 1.06. The molecule has 0 saturated heterocycles. The van der Waals surface area contributed by atoms with Gasteiger partial charge in [0.2, 0.25) is 0 Å². The van der Waals surface area contributed by atoms with E-state index >= 15 is 0 Å². The second-order valence-electron chi connectivity index (χ2n) is 5.73. The number of aromatic nitrogens is 4. The van der Waals surface area contributed by atoms with Crippen molar-refractivity contribution in [1.29, 1.82) is 0 Å². The van der Waals surface area contributed by atoms with Gasteiger partial charge in [-0.15, -0.1) is 0 Å². The lowest BCUT2D eigenvalue weighted by Gasteiger charge is -2.15. The Balaban J connectivity index is 1.96. The molecule has 2 aromatic rings. The third kappa shape index (κ3) is 4.54. The van der Waals surface area contributed by atoms with Crippen molar-refractivity contribution in [1.82, 2.24) is 25.1 Å². The maximum Gasteiger partial charge on any atom is 0.187 e. The fourth-order valence-corrected chi connectivity index (χ4v) is 3.36. The molecule has 126 valence electrons. The topological polar surface area (TPSA) is 55.6 Å². The standard InChI is InChI=1S/C17H27N5S/c1-6-8-23-17-19-10-15(11-20-17)9-18-12(3)16-13(4)21-22(7-2)14(16)5/h10-12,18H,6-9H2,1-5H3/t12-/m0/s1. The van der Waals surface area contributed by atoms with Crippen LogP contribution in [0.3, 0.4) is 0 Å². The molecule has 0 spiro atoms. The predicted octanol–water partition coefficient (Wildman–Crippen LogP) is 3.66. The van der Waals surface area contributed by atoms with E-state index in [0.29, 0.717) is 0 Å². The van der Waals surface area contributed by atoms with Crippen molar-refractivity contribution in [3.63, 3.8) is 0 Å². The SMILES string of the molecule is CCCSc1ncc(CN[C@@H](C)c2c(C)nn(CC)c2C)cn1. The zero-order valence-electron chi connectivity index (χ0n) is 14.8. The summed E-state index contributed by atoms with van der Waals surface area (Å²) in [7, 11) is 0. The van der Waals surface area contributed by atoms with Gasteiger partial charge in [0.25, 0.3) is 0 Å². The summed E-state index contributed by atoms with van der Waals surface area (Å²) < 4.78 is 2.06. The van der Waals surface area contributed by atoms with Crippen LogP contribution in [0.15, 0.2) is 17.6 Å². The van der Waals surface area contributed by atoms with Crippen molar-refractivity contribution < 1.29 is 0 Å². The van der Waals surface area contributed by atoms with Crippen LogP contribution in [0.5, 0.6) is 0 Å². The van der Waals surface area contributed by atoms with Crippen molar-refractivity contribution in [2.75, 3.05) is 5.75 Å². The molecule has 0 aliphatic rings. The zero-order valence-corrected chi connectivity index (χ0v) is 15.6. The molecule has 2 aromatic heterocycles. The molecule has 0 fully saturated rings. The first kappa shape index (κ1) is 17.9. The Hall–Kier alpha value is -1.40. The fourth-order valence-electron chi connectivity index (χ4n) is 2.72. The molecule has 1 atom stereocenters. The van der Waals surface area contributed by atoms with Crippen LogP contribution in [0.4, 0.5) is 0 Å². The molecule has 6 heteroatoms. The van der Waals surface area contributed by atoms with Gasteiger partial charge in [0, 0.05) is 54.1 Å². The summed E-state index contributed by atoms with van der Waals surface area (Å²) in [6.45, 7) is 12.4. The van der Waals surface area contributed by atoms with Crippen LogP contribution in [0.2, 0.25) is 0 Å². The average Bonchev–Trinajstić information content (AvgIpc) is 2.85. The van der Waals surface area contributed by atoms with Gasteiger partial charge >= 0.3 is 0 Å². The molecule has 1 N–H and O–H groups in total. The van der Waals surface area contributed by atoms with Crippen molar-refractivity contribution in [3.8, 4) is 0 Å². The van der Waals surface area contributed by atoms with Crippen molar-refractivity contribution >= 4 is 11.8 Å². The van der Waals surface area contributed by atoms with E-state index in [0.717, 1.165) is 41.7 Å². The summed E-state index contributed by atoms with van der Waals surface area (Å²) >= 11 is 1.71. The highest BCUT2D eigenvalue weighted by atomic mass is 32.2. The number of aryl methyl sites for hydroxylation is 2. The highest BCUT2D eigenvalue weighted by Crippen LogP contribution is 2.21. The van der Waals surface area contributed by atoms with Crippen LogP contribution >= 0.6 is 11.8 Å². The van der Waals surface area contributed by atoms with E-state index in [9.17, 15) is 0 Å². The summed E-state index contributed by atoms with van der Waals surface area (Å²) in [4.78, 5) is 8.83. The van der Waals surface area contributed by atoms with Crippen LogP contribution in [0, 0.1) is 13.8 Å². The van der Waals surface area contributed by atoms with Crippen molar-refractivity contribution in [2.45, 2.75) is 65.3 Å². The quantitative estimate of drug-likeness (QED) is 0.590. The zero-order chi connectivity index (χ0) is 16.8. The Morgan fingerprint density at radius 3 is 2.48 bits per heavy atom. The van der Waals surface area contributed by atoms with Gasteiger partial charge in [-0.2, -0.15) is 5.10 Å². The molecule has 0 bridgehead atoms. The largest absolute Gasteiger partial charge is 0.306 e. The Morgan fingerprint density at radius 1 is 1.22 bits per heavy atom. The molecule has 0 aliphatic carbocycles. The Kier molecular flexibility index (Phi) is 6.59. The van der Waals surface area contributed by atoms with Crippen LogP contribution in [0.1, 0.15) is 55.7 Å². The monoisotopic (exact) mass is 333 g/mol. The molecular formula is C17H27N5S. The Labute approximate surface area is 143 Å². The molecular weight excluding hydrogens is 306 g/mol. The van der Waals surface area contributed by atoms with Crippen molar-refractivity contribution in [3.05, 3.63) is 34.9 Å². The molecule has 2 rings (SSSR count). The Morgan fingerprint density at radius 2 is 1.91 bits per heavy atom. The lowest BCUT2D eigenvalue weighted by Crippen LogP contribution is -2.19. The molecule has 0 radical (unpaired) electrons. The van der Waals surface area contributed by atoms with Crippen LogP contribution < -0.4 is 5.32 Å². The minimum atomic E-state index is 0.254. The molecule has 0 aliphatic heterocycles. The lowest BCUT2D eigenvalue weighted by atomic mass is 10.1. The molecule has 0 saturated carbocycles. The number of thioether (sulfide) groups is 1. The number of nitrogens with zero attached hydrogens (tertiary/aromatic N) is 4. The first-order valence-electron chi connectivity index (χ1n) is 8.27. The minimum Gasteiger partial charge on any atom is -0.306 e. The van der Waals surface area contributed by atoms with E-state index in [1.807, 2.05) is 12.4 Å². The van der Waals surface area contributed by atoms with Crippen LogP contribution in [0.25, 0.3) is 0 Å². The third-order valence-electron chi connectivity index (χ3n) is 3.90. The van der Waals surface area contributed by atoms with Gasteiger partial charge < -0.3 is 5.32 Å². The van der Waals surface area contributed by atoms with Gasteiger partial charge in [0.1, 0.15) is 0 Å². The first-order valence-corrected chi connectivity index (χ1v) is 9.26. The summed E-state index contributed by atoms with van der Waals surface area (Å²) in [5.41, 5.74) is 4.75. The van der Waals surface area contributed by atoms with E-state index in [1.165, 1.54) is 11.3 Å². The maximum atomic E-state index is 4.59. The fraction of sp³-hybridized carbons (Fsp3) is 0.588. The summed E-state index contributed by atoms with van der Waals surface area (Å²) in [5, 5.41) is 9.01. The molecule has 0 aromatic carbocycles. The Bertz CT molecular complexity index is 621. The van der Waals surface area contributed by atoms with Gasteiger partial charge in [-0.05, 0) is 34.1 Å². The maximum absolute atomic E-state index is 4.59. The molecule has 5 nitrogen and oxygen atoms in total. The molecule has 23 heavy (non-hydrogen) atoms.